The molecule has 0 bridgehead atoms. The number of benzene rings is 1. The number of methoxy groups -OCH3 is 2. The standard InChI is InChI=1S/C28H32N4O4/c1-18-26-21(17-22(23-9-7-15-36-23)29-27(26)31(2)30-18)28(33)32-14-6-5-8-20(32)12-10-19-11-13-24(34-3)25(16-19)35-4/h7,9,11,13,15-17,20H,5-6,8,10,12,14H2,1-4H3. The van der Waals surface area contributed by atoms with Crippen LogP contribution in [0.3, 0.4) is 0 Å². The van der Waals surface area contributed by atoms with Gasteiger partial charge in [-0.3, -0.25) is 9.48 Å². The number of likely N-dealkylation sites (tertiary alicyclic amines) is 1. The van der Waals surface area contributed by atoms with Gasteiger partial charge in [-0.15, -0.1) is 0 Å². The summed E-state index contributed by atoms with van der Waals surface area (Å²) in [5.74, 6) is 2.11. The maximum atomic E-state index is 14.1. The van der Waals surface area contributed by atoms with Crippen LogP contribution < -0.4 is 9.47 Å². The molecule has 1 aliphatic heterocycles. The number of pyridine rings is 1. The molecule has 0 N–H and O–H groups in total. The Kier molecular flexibility index (Phi) is 6.67. The van der Waals surface area contributed by atoms with Crippen LogP contribution in [0, 0.1) is 6.92 Å². The van der Waals surface area contributed by atoms with E-state index in [0.717, 1.165) is 61.2 Å². The van der Waals surface area contributed by atoms with Crippen molar-refractivity contribution in [2.75, 3.05) is 20.8 Å². The molecule has 0 spiro atoms. The molecule has 5 rings (SSSR count). The van der Waals surface area contributed by atoms with Gasteiger partial charge in [0.1, 0.15) is 5.69 Å². The molecule has 1 saturated heterocycles. The van der Waals surface area contributed by atoms with Crippen LogP contribution in [0.1, 0.15) is 47.3 Å². The third-order valence-electron chi connectivity index (χ3n) is 7.07. The molecule has 8 heteroatoms. The van der Waals surface area contributed by atoms with E-state index in [4.69, 9.17) is 18.9 Å². The van der Waals surface area contributed by atoms with E-state index in [1.807, 2.05) is 44.3 Å². The quantitative estimate of drug-likeness (QED) is 0.356. The van der Waals surface area contributed by atoms with E-state index in [0.29, 0.717) is 22.7 Å². The number of nitrogens with zero attached hydrogens (tertiary/aromatic N) is 4. The monoisotopic (exact) mass is 488 g/mol. The lowest BCUT2D eigenvalue weighted by atomic mass is 9.94. The highest BCUT2D eigenvalue weighted by molar-refractivity contribution is 6.07. The number of rotatable bonds is 7. The van der Waals surface area contributed by atoms with Crippen LogP contribution in [0.15, 0.2) is 47.1 Å². The fraction of sp³-hybridized carbons (Fsp3) is 0.393. The van der Waals surface area contributed by atoms with Gasteiger partial charge in [0.25, 0.3) is 5.91 Å². The lowest BCUT2D eigenvalue weighted by molar-refractivity contribution is 0.0604. The summed E-state index contributed by atoms with van der Waals surface area (Å²) in [4.78, 5) is 20.9. The number of ether oxygens (including phenoxy) is 2. The van der Waals surface area contributed by atoms with Crippen molar-refractivity contribution < 1.29 is 18.7 Å². The van der Waals surface area contributed by atoms with Gasteiger partial charge in [0.2, 0.25) is 0 Å². The second kappa shape index (κ2) is 10.0. The van der Waals surface area contributed by atoms with Crippen molar-refractivity contribution in [3.8, 4) is 23.0 Å². The van der Waals surface area contributed by atoms with Crippen molar-refractivity contribution in [3.63, 3.8) is 0 Å². The highest BCUT2D eigenvalue weighted by atomic mass is 16.5. The maximum Gasteiger partial charge on any atom is 0.255 e. The van der Waals surface area contributed by atoms with Crippen LogP contribution in [-0.2, 0) is 13.5 Å². The number of hydrogen-bond acceptors (Lipinski definition) is 6. The minimum Gasteiger partial charge on any atom is -0.493 e. The second-order valence-electron chi connectivity index (χ2n) is 9.32. The summed E-state index contributed by atoms with van der Waals surface area (Å²) in [5.41, 5.74) is 3.92. The van der Waals surface area contributed by atoms with Crippen molar-refractivity contribution in [1.82, 2.24) is 19.7 Å². The zero-order valence-electron chi connectivity index (χ0n) is 21.3. The molecular formula is C28H32N4O4. The molecule has 1 atom stereocenters. The minimum absolute atomic E-state index is 0.0308. The molecule has 188 valence electrons. The lowest BCUT2D eigenvalue weighted by Crippen LogP contribution is -2.44. The van der Waals surface area contributed by atoms with Crippen LogP contribution in [0.5, 0.6) is 11.5 Å². The number of amides is 1. The van der Waals surface area contributed by atoms with Gasteiger partial charge in [0.15, 0.2) is 22.9 Å². The first-order valence-corrected chi connectivity index (χ1v) is 12.4. The van der Waals surface area contributed by atoms with Gasteiger partial charge >= 0.3 is 0 Å². The highest BCUT2D eigenvalue weighted by Crippen LogP contribution is 2.32. The number of carbonyl (C=O) groups is 1. The number of fused-ring (bicyclic) bond motifs is 1. The van der Waals surface area contributed by atoms with E-state index in [1.54, 1.807) is 25.2 Å². The summed E-state index contributed by atoms with van der Waals surface area (Å²) in [6.07, 6.45) is 6.46. The normalized spacial score (nSPS) is 15.9. The Morgan fingerprint density at radius 3 is 2.72 bits per heavy atom. The van der Waals surface area contributed by atoms with Crippen LogP contribution in [0.4, 0.5) is 0 Å². The summed E-state index contributed by atoms with van der Waals surface area (Å²) >= 11 is 0. The van der Waals surface area contributed by atoms with E-state index in [-0.39, 0.29) is 11.9 Å². The first-order chi connectivity index (χ1) is 17.5. The lowest BCUT2D eigenvalue weighted by Gasteiger charge is -2.36. The molecule has 36 heavy (non-hydrogen) atoms. The van der Waals surface area contributed by atoms with E-state index in [9.17, 15) is 4.79 Å². The van der Waals surface area contributed by atoms with E-state index >= 15 is 0 Å². The maximum absolute atomic E-state index is 14.1. The van der Waals surface area contributed by atoms with Gasteiger partial charge < -0.3 is 18.8 Å². The number of aryl methyl sites for hydroxylation is 3. The van der Waals surface area contributed by atoms with Crippen LogP contribution in [0.2, 0.25) is 0 Å². The molecule has 1 amide bonds. The van der Waals surface area contributed by atoms with Crippen molar-refractivity contribution >= 4 is 16.9 Å². The average Bonchev–Trinajstić information content (AvgIpc) is 3.55. The predicted molar refractivity (Wildman–Crippen MR) is 137 cm³/mol. The Labute approximate surface area is 210 Å². The number of furan rings is 1. The number of piperidine rings is 1. The van der Waals surface area contributed by atoms with Gasteiger partial charge in [0.05, 0.1) is 37.1 Å². The van der Waals surface area contributed by atoms with Crippen LogP contribution >= 0.6 is 0 Å². The zero-order chi connectivity index (χ0) is 25.2. The number of carbonyl (C=O) groups excluding carboxylic acids is 1. The van der Waals surface area contributed by atoms with Crippen molar-refractivity contribution in [3.05, 3.63) is 59.5 Å². The molecule has 4 heterocycles. The van der Waals surface area contributed by atoms with Gasteiger partial charge in [-0.05, 0) is 74.9 Å². The first kappa shape index (κ1) is 23.9. The third kappa shape index (κ3) is 4.43. The molecule has 1 fully saturated rings. The van der Waals surface area contributed by atoms with Crippen molar-refractivity contribution in [2.24, 2.45) is 7.05 Å². The minimum atomic E-state index is 0.0308. The fourth-order valence-electron chi connectivity index (χ4n) is 5.26. The molecule has 4 aromatic rings. The SMILES string of the molecule is COc1ccc(CCC2CCCCN2C(=O)c2cc(-c3ccco3)nc3c2c(C)nn3C)cc1OC. The molecule has 3 aromatic heterocycles. The van der Waals surface area contributed by atoms with E-state index in [1.165, 1.54) is 5.56 Å². The Morgan fingerprint density at radius 1 is 1.14 bits per heavy atom. The summed E-state index contributed by atoms with van der Waals surface area (Å²) < 4.78 is 18.2. The smallest absolute Gasteiger partial charge is 0.255 e. The van der Waals surface area contributed by atoms with Gasteiger partial charge in [-0.2, -0.15) is 5.10 Å². The van der Waals surface area contributed by atoms with Gasteiger partial charge in [0, 0.05) is 19.6 Å². The average molecular weight is 489 g/mol. The molecule has 1 aromatic carbocycles. The second-order valence-corrected chi connectivity index (χ2v) is 9.32. The number of aromatic nitrogens is 3. The summed E-state index contributed by atoms with van der Waals surface area (Å²) in [5, 5.41) is 5.36. The topological polar surface area (TPSA) is 82.6 Å². The Balaban J connectivity index is 1.45. The molecule has 1 aliphatic rings. The molecule has 1 unspecified atom stereocenters. The third-order valence-corrected chi connectivity index (χ3v) is 7.07. The highest BCUT2D eigenvalue weighted by Gasteiger charge is 2.30. The molecule has 0 radical (unpaired) electrons. The Hall–Kier alpha value is -3.81. The van der Waals surface area contributed by atoms with E-state index in [2.05, 4.69) is 16.1 Å². The van der Waals surface area contributed by atoms with Gasteiger partial charge in [-0.25, -0.2) is 4.98 Å². The van der Waals surface area contributed by atoms with Crippen molar-refractivity contribution in [1.29, 1.82) is 0 Å². The van der Waals surface area contributed by atoms with Gasteiger partial charge in [-0.1, -0.05) is 6.07 Å². The van der Waals surface area contributed by atoms with Crippen LogP contribution in [-0.4, -0.2) is 52.4 Å². The zero-order valence-corrected chi connectivity index (χ0v) is 21.3. The first-order valence-electron chi connectivity index (χ1n) is 12.4. The molecule has 0 aliphatic carbocycles. The Bertz CT molecular complexity index is 1380. The van der Waals surface area contributed by atoms with E-state index < -0.39 is 0 Å². The van der Waals surface area contributed by atoms with Crippen molar-refractivity contribution in [2.45, 2.75) is 45.1 Å². The Morgan fingerprint density at radius 2 is 1.97 bits per heavy atom. The summed E-state index contributed by atoms with van der Waals surface area (Å²) in [7, 11) is 5.14. The largest absolute Gasteiger partial charge is 0.493 e. The summed E-state index contributed by atoms with van der Waals surface area (Å²) in [6, 6.07) is 11.7. The molecule has 8 nitrogen and oxygen atoms in total. The molecule has 0 saturated carbocycles. The predicted octanol–water partition coefficient (Wildman–Crippen LogP) is 5.18. The summed E-state index contributed by atoms with van der Waals surface area (Å²) in [6.45, 7) is 2.67. The number of hydrogen-bond donors (Lipinski definition) is 0. The fourth-order valence-corrected chi connectivity index (χ4v) is 5.26. The molecular weight excluding hydrogens is 456 g/mol. The van der Waals surface area contributed by atoms with Crippen LogP contribution in [0.25, 0.3) is 22.5 Å².